The lowest BCUT2D eigenvalue weighted by Gasteiger charge is -2.29. The van der Waals surface area contributed by atoms with Crippen molar-refractivity contribution in [1.29, 1.82) is 0 Å². The molecule has 19 heavy (non-hydrogen) atoms. The van der Waals surface area contributed by atoms with Crippen LogP contribution >= 0.6 is 0 Å². The van der Waals surface area contributed by atoms with Gasteiger partial charge in [-0.2, -0.15) is 0 Å². The molecular weight excluding hydrogens is 246 g/mol. The summed E-state index contributed by atoms with van der Waals surface area (Å²) in [5.74, 6) is -0.846. The van der Waals surface area contributed by atoms with Crippen LogP contribution in [-0.2, 0) is 14.4 Å². The Balaban J connectivity index is 1.64. The van der Waals surface area contributed by atoms with Crippen molar-refractivity contribution in [2.75, 3.05) is 32.7 Å². The van der Waals surface area contributed by atoms with Gasteiger partial charge in [-0.05, 0) is 5.41 Å². The number of amides is 3. The van der Waals surface area contributed by atoms with Gasteiger partial charge in [-0.3, -0.25) is 19.3 Å². The second-order valence-electron chi connectivity index (χ2n) is 6.17. The number of nitrogens with zero attached hydrogens (tertiary/aromatic N) is 2. The van der Waals surface area contributed by atoms with Crippen LogP contribution in [0.4, 0.5) is 0 Å². The van der Waals surface area contributed by atoms with Gasteiger partial charge in [0.25, 0.3) is 0 Å². The van der Waals surface area contributed by atoms with Crippen molar-refractivity contribution in [2.45, 2.75) is 13.8 Å². The number of hydrogen-bond donors (Lipinski definition) is 1. The van der Waals surface area contributed by atoms with E-state index in [0.29, 0.717) is 13.1 Å². The third-order valence-electron chi connectivity index (χ3n) is 4.65. The van der Waals surface area contributed by atoms with Gasteiger partial charge in [-0.1, -0.05) is 13.8 Å². The number of hydrogen-bond acceptors (Lipinski definition) is 4. The fraction of sp³-hybridized carbons (Fsp3) is 0.769. The van der Waals surface area contributed by atoms with Crippen LogP contribution in [0.3, 0.4) is 0 Å². The Morgan fingerprint density at radius 3 is 2.26 bits per heavy atom. The summed E-state index contributed by atoms with van der Waals surface area (Å²) in [7, 11) is 0. The minimum absolute atomic E-state index is 0.0826. The molecule has 1 saturated carbocycles. The number of likely N-dealkylation sites (tertiary alicyclic amines) is 1. The molecule has 0 aromatic heterocycles. The molecule has 2 unspecified atom stereocenters. The molecule has 3 amide bonds. The predicted molar refractivity (Wildman–Crippen MR) is 66.9 cm³/mol. The van der Waals surface area contributed by atoms with Gasteiger partial charge in [0.15, 0.2) is 0 Å². The molecule has 0 aromatic rings. The van der Waals surface area contributed by atoms with Crippen molar-refractivity contribution < 1.29 is 14.4 Å². The number of carbonyl (C=O) groups is 3. The van der Waals surface area contributed by atoms with Gasteiger partial charge in [0, 0.05) is 26.2 Å². The summed E-state index contributed by atoms with van der Waals surface area (Å²) in [6.45, 7) is 6.63. The van der Waals surface area contributed by atoms with E-state index in [-0.39, 0.29) is 41.5 Å². The van der Waals surface area contributed by atoms with E-state index in [2.05, 4.69) is 5.32 Å². The third-order valence-corrected chi connectivity index (χ3v) is 4.65. The lowest BCUT2D eigenvalue weighted by atomic mass is 10.1. The molecule has 0 aromatic carbocycles. The molecule has 0 bridgehead atoms. The summed E-state index contributed by atoms with van der Waals surface area (Å²) >= 11 is 0. The molecule has 104 valence electrons. The number of rotatable bonds is 2. The normalized spacial score (nSPS) is 32.5. The molecule has 0 radical (unpaired) electrons. The van der Waals surface area contributed by atoms with Crippen molar-refractivity contribution in [1.82, 2.24) is 15.1 Å². The lowest BCUT2D eigenvalue weighted by molar-refractivity contribution is -0.149. The highest BCUT2D eigenvalue weighted by atomic mass is 16.2. The molecule has 3 rings (SSSR count). The zero-order valence-corrected chi connectivity index (χ0v) is 11.3. The van der Waals surface area contributed by atoms with Gasteiger partial charge in [0.2, 0.25) is 17.7 Å². The Morgan fingerprint density at radius 1 is 1.21 bits per heavy atom. The van der Waals surface area contributed by atoms with Gasteiger partial charge in [0.05, 0.1) is 11.8 Å². The van der Waals surface area contributed by atoms with E-state index in [1.54, 1.807) is 4.90 Å². The number of nitrogens with one attached hydrogen (secondary N) is 1. The monoisotopic (exact) mass is 265 g/mol. The molecule has 0 spiro atoms. The summed E-state index contributed by atoms with van der Waals surface area (Å²) in [5, 5.41) is 3.16. The molecule has 3 aliphatic rings. The van der Waals surface area contributed by atoms with Crippen LogP contribution in [0.1, 0.15) is 13.8 Å². The maximum Gasteiger partial charge on any atom is 0.242 e. The summed E-state index contributed by atoms with van der Waals surface area (Å²) in [5.41, 5.74) is -0.206. The Bertz CT molecular complexity index is 430. The van der Waals surface area contributed by atoms with Crippen molar-refractivity contribution in [3.8, 4) is 0 Å². The van der Waals surface area contributed by atoms with Crippen LogP contribution in [0.5, 0.6) is 0 Å². The zero-order valence-electron chi connectivity index (χ0n) is 11.3. The minimum atomic E-state index is -0.206. The topological polar surface area (TPSA) is 69.7 Å². The molecule has 6 heteroatoms. The Labute approximate surface area is 112 Å². The largest absolute Gasteiger partial charge is 0.339 e. The average molecular weight is 265 g/mol. The molecular formula is C13H19N3O3. The van der Waals surface area contributed by atoms with E-state index in [4.69, 9.17) is 0 Å². The number of imide groups is 1. The highest BCUT2D eigenvalue weighted by molar-refractivity contribution is 6.12. The Hall–Kier alpha value is -1.43. The SMILES string of the molecule is CC1(C)C2C(=O)N(CC(=O)N3CCNCC3)C(=O)C21. The van der Waals surface area contributed by atoms with Crippen molar-refractivity contribution in [2.24, 2.45) is 17.3 Å². The quantitative estimate of drug-likeness (QED) is 0.654. The molecule has 1 aliphatic carbocycles. The van der Waals surface area contributed by atoms with Gasteiger partial charge >= 0.3 is 0 Å². The van der Waals surface area contributed by atoms with E-state index in [1.807, 2.05) is 13.8 Å². The molecule has 6 nitrogen and oxygen atoms in total. The van der Waals surface area contributed by atoms with Gasteiger partial charge in [-0.25, -0.2) is 0 Å². The average Bonchev–Trinajstić information content (AvgIpc) is 2.87. The van der Waals surface area contributed by atoms with Gasteiger partial charge < -0.3 is 10.2 Å². The van der Waals surface area contributed by atoms with Crippen LogP contribution in [-0.4, -0.2) is 60.2 Å². The van der Waals surface area contributed by atoms with Gasteiger partial charge in [0.1, 0.15) is 6.54 Å². The highest BCUT2D eigenvalue weighted by Gasteiger charge is 2.72. The molecule has 2 atom stereocenters. The third kappa shape index (κ3) is 1.77. The van der Waals surface area contributed by atoms with E-state index in [1.165, 1.54) is 0 Å². The first-order valence-electron chi connectivity index (χ1n) is 6.78. The number of fused-ring (bicyclic) bond motifs is 1. The Morgan fingerprint density at radius 2 is 1.74 bits per heavy atom. The number of carbonyl (C=O) groups excluding carboxylic acids is 3. The van der Waals surface area contributed by atoms with E-state index >= 15 is 0 Å². The lowest BCUT2D eigenvalue weighted by Crippen LogP contribution is -2.51. The fourth-order valence-corrected chi connectivity index (χ4v) is 3.31. The van der Waals surface area contributed by atoms with Crippen LogP contribution in [0.15, 0.2) is 0 Å². The van der Waals surface area contributed by atoms with E-state index < -0.39 is 0 Å². The van der Waals surface area contributed by atoms with Crippen LogP contribution in [0.2, 0.25) is 0 Å². The second kappa shape index (κ2) is 4.03. The maximum atomic E-state index is 12.1. The minimum Gasteiger partial charge on any atom is -0.339 e. The summed E-state index contributed by atoms with van der Waals surface area (Å²) in [6.07, 6.45) is 0. The van der Waals surface area contributed by atoms with E-state index in [9.17, 15) is 14.4 Å². The molecule has 3 fully saturated rings. The summed E-state index contributed by atoms with van der Waals surface area (Å²) in [6, 6.07) is 0. The van der Waals surface area contributed by atoms with Crippen LogP contribution in [0, 0.1) is 17.3 Å². The predicted octanol–water partition coefficient (Wildman–Crippen LogP) is -0.941. The first-order chi connectivity index (χ1) is 8.94. The number of piperidine rings is 1. The molecule has 1 N–H and O–H groups in total. The maximum absolute atomic E-state index is 12.1. The molecule has 2 heterocycles. The number of piperazine rings is 1. The van der Waals surface area contributed by atoms with Gasteiger partial charge in [-0.15, -0.1) is 0 Å². The summed E-state index contributed by atoms with van der Waals surface area (Å²) < 4.78 is 0. The first-order valence-corrected chi connectivity index (χ1v) is 6.78. The van der Waals surface area contributed by atoms with E-state index in [0.717, 1.165) is 18.0 Å². The van der Waals surface area contributed by atoms with Crippen molar-refractivity contribution >= 4 is 17.7 Å². The smallest absolute Gasteiger partial charge is 0.242 e. The van der Waals surface area contributed by atoms with Crippen LogP contribution < -0.4 is 5.32 Å². The fourth-order valence-electron chi connectivity index (χ4n) is 3.31. The molecule has 2 saturated heterocycles. The molecule has 2 aliphatic heterocycles. The van der Waals surface area contributed by atoms with Crippen molar-refractivity contribution in [3.63, 3.8) is 0 Å². The van der Waals surface area contributed by atoms with Crippen LogP contribution in [0.25, 0.3) is 0 Å². The first kappa shape index (κ1) is 12.6. The standard InChI is InChI=1S/C13H19N3O3/c1-13(2)9-10(13)12(19)16(11(9)18)7-8(17)15-5-3-14-4-6-15/h9-10,14H,3-7H2,1-2H3. The summed E-state index contributed by atoms with van der Waals surface area (Å²) in [4.78, 5) is 39.2. The second-order valence-corrected chi connectivity index (χ2v) is 6.17. The Kier molecular flexibility index (Phi) is 2.67. The van der Waals surface area contributed by atoms with Crippen molar-refractivity contribution in [3.05, 3.63) is 0 Å². The highest BCUT2D eigenvalue weighted by Crippen LogP contribution is 2.63. The zero-order chi connectivity index (χ0) is 13.8.